The molecule has 2 aromatic rings. The molecule has 0 aliphatic carbocycles. The van der Waals surface area contributed by atoms with Gasteiger partial charge in [0.05, 0.1) is 0 Å². The molecule has 19 heavy (non-hydrogen) atoms. The summed E-state index contributed by atoms with van der Waals surface area (Å²) >= 11 is 5.99. The van der Waals surface area contributed by atoms with Gasteiger partial charge in [-0.1, -0.05) is 23.7 Å². The maximum atomic E-state index is 12.9. The number of nitrogens with one attached hydrogen (secondary N) is 1. The van der Waals surface area contributed by atoms with Crippen LogP contribution in [-0.2, 0) is 6.54 Å². The zero-order chi connectivity index (χ0) is 13.8. The summed E-state index contributed by atoms with van der Waals surface area (Å²) in [5.41, 5.74) is 3.00. The van der Waals surface area contributed by atoms with Gasteiger partial charge in [-0.15, -0.1) is 0 Å². The minimum Gasteiger partial charge on any atom is -0.381 e. The maximum Gasteiger partial charge on any atom is 0.124 e. The van der Waals surface area contributed by atoms with Crippen LogP contribution in [0.4, 0.5) is 15.8 Å². The first-order chi connectivity index (χ1) is 9.06. The third-order valence-electron chi connectivity index (χ3n) is 2.86. The van der Waals surface area contributed by atoms with E-state index in [1.807, 2.05) is 37.2 Å². The van der Waals surface area contributed by atoms with Crippen LogP contribution < -0.4 is 10.2 Å². The van der Waals surface area contributed by atoms with Crippen molar-refractivity contribution in [2.24, 2.45) is 0 Å². The van der Waals surface area contributed by atoms with Gasteiger partial charge in [0.2, 0.25) is 0 Å². The van der Waals surface area contributed by atoms with Gasteiger partial charge < -0.3 is 10.2 Å². The molecule has 0 unspecified atom stereocenters. The Bertz CT molecular complexity index is 570. The van der Waals surface area contributed by atoms with E-state index < -0.39 is 0 Å². The van der Waals surface area contributed by atoms with E-state index >= 15 is 0 Å². The fourth-order valence-corrected chi connectivity index (χ4v) is 1.99. The second kappa shape index (κ2) is 5.93. The maximum absolute atomic E-state index is 12.9. The number of hydrogen-bond acceptors (Lipinski definition) is 2. The molecule has 0 saturated carbocycles. The Hall–Kier alpha value is -1.74. The lowest BCUT2D eigenvalue weighted by Crippen LogP contribution is -2.09. The van der Waals surface area contributed by atoms with Crippen LogP contribution in [0.2, 0.25) is 5.02 Å². The van der Waals surface area contributed by atoms with Crippen LogP contribution in [0.5, 0.6) is 0 Å². The van der Waals surface area contributed by atoms with E-state index in [1.165, 1.54) is 12.1 Å². The third kappa shape index (κ3) is 3.61. The van der Waals surface area contributed by atoms with E-state index in [4.69, 9.17) is 11.6 Å². The molecule has 0 bridgehead atoms. The van der Waals surface area contributed by atoms with E-state index in [0.29, 0.717) is 11.6 Å². The van der Waals surface area contributed by atoms with Gasteiger partial charge in [-0.2, -0.15) is 0 Å². The van der Waals surface area contributed by atoms with E-state index in [0.717, 1.165) is 16.9 Å². The van der Waals surface area contributed by atoms with Crippen LogP contribution in [0, 0.1) is 5.82 Å². The van der Waals surface area contributed by atoms with Crippen molar-refractivity contribution in [3.63, 3.8) is 0 Å². The Morgan fingerprint density at radius 2 is 1.95 bits per heavy atom. The molecule has 0 amide bonds. The van der Waals surface area contributed by atoms with Crippen LogP contribution in [-0.4, -0.2) is 14.1 Å². The molecule has 0 spiro atoms. The fraction of sp³-hybridized carbons (Fsp3) is 0.200. The average molecular weight is 279 g/mol. The SMILES string of the molecule is CN(C)c1cccc(NCc2ccc(F)cc2Cl)c1. The van der Waals surface area contributed by atoms with Crippen molar-refractivity contribution in [2.45, 2.75) is 6.54 Å². The Labute approximate surface area is 117 Å². The van der Waals surface area contributed by atoms with Crippen molar-refractivity contribution in [3.8, 4) is 0 Å². The standard InChI is InChI=1S/C15H16ClFN2/c1-19(2)14-5-3-4-13(9-14)18-10-11-6-7-12(17)8-15(11)16/h3-9,18H,10H2,1-2H3. The molecule has 2 rings (SSSR count). The Morgan fingerprint density at radius 1 is 1.16 bits per heavy atom. The van der Waals surface area contributed by atoms with E-state index in [-0.39, 0.29) is 5.82 Å². The lowest BCUT2D eigenvalue weighted by atomic mass is 10.2. The predicted octanol–water partition coefficient (Wildman–Crippen LogP) is 4.16. The summed E-state index contributed by atoms with van der Waals surface area (Å²) in [5.74, 6) is -0.316. The van der Waals surface area contributed by atoms with Gasteiger partial charge in [0.15, 0.2) is 0 Å². The second-order valence-electron chi connectivity index (χ2n) is 4.53. The highest BCUT2D eigenvalue weighted by Gasteiger charge is 2.02. The molecule has 0 aliphatic heterocycles. The minimum atomic E-state index is -0.316. The minimum absolute atomic E-state index is 0.316. The summed E-state index contributed by atoms with van der Waals surface area (Å²) in [4.78, 5) is 2.04. The number of nitrogens with zero attached hydrogens (tertiary/aromatic N) is 1. The van der Waals surface area contributed by atoms with Gasteiger partial charge in [-0.05, 0) is 35.9 Å². The molecular formula is C15H16ClFN2. The summed E-state index contributed by atoms with van der Waals surface area (Å²) in [7, 11) is 3.99. The lowest BCUT2D eigenvalue weighted by Gasteiger charge is -2.14. The summed E-state index contributed by atoms with van der Waals surface area (Å²) in [6, 6.07) is 12.5. The van der Waals surface area contributed by atoms with Gasteiger partial charge in [0.25, 0.3) is 0 Å². The average Bonchev–Trinajstić information content (AvgIpc) is 2.38. The first-order valence-corrected chi connectivity index (χ1v) is 6.39. The molecule has 0 fully saturated rings. The number of halogens is 2. The van der Waals surface area contributed by atoms with Gasteiger partial charge >= 0.3 is 0 Å². The van der Waals surface area contributed by atoms with E-state index in [1.54, 1.807) is 6.07 Å². The quantitative estimate of drug-likeness (QED) is 0.903. The molecule has 2 aromatic carbocycles. The van der Waals surface area contributed by atoms with Crippen molar-refractivity contribution in [2.75, 3.05) is 24.3 Å². The highest BCUT2D eigenvalue weighted by Crippen LogP contribution is 2.21. The Balaban J connectivity index is 2.08. The highest BCUT2D eigenvalue weighted by atomic mass is 35.5. The van der Waals surface area contributed by atoms with Gasteiger partial charge in [0, 0.05) is 37.0 Å². The van der Waals surface area contributed by atoms with Crippen LogP contribution in [0.25, 0.3) is 0 Å². The first-order valence-electron chi connectivity index (χ1n) is 6.01. The number of hydrogen-bond donors (Lipinski definition) is 1. The zero-order valence-corrected chi connectivity index (χ0v) is 11.7. The number of anilines is 2. The van der Waals surface area contributed by atoms with E-state index in [2.05, 4.69) is 11.4 Å². The van der Waals surface area contributed by atoms with E-state index in [9.17, 15) is 4.39 Å². The summed E-state index contributed by atoms with van der Waals surface area (Å²) in [5, 5.41) is 3.72. The second-order valence-corrected chi connectivity index (χ2v) is 4.94. The first kappa shape index (κ1) is 13.7. The highest BCUT2D eigenvalue weighted by molar-refractivity contribution is 6.31. The van der Waals surface area contributed by atoms with Crippen LogP contribution in [0.1, 0.15) is 5.56 Å². The van der Waals surface area contributed by atoms with Crippen LogP contribution in [0.3, 0.4) is 0 Å². The lowest BCUT2D eigenvalue weighted by molar-refractivity contribution is 0.627. The molecule has 0 saturated heterocycles. The normalized spacial score (nSPS) is 10.3. The molecule has 0 aliphatic rings. The molecule has 0 heterocycles. The molecule has 0 aromatic heterocycles. The van der Waals surface area contributed by atoms with Crippen molar-refractivity contribution in [1.82, 2.24) is 0 Å². The van der Waals surface area contributed by atoms with Crippen LogP contribution in [0.15, 0.2) is 42.5 Å². The van der Waals surface area contributed by atoms with Crippen molar-refractivity contribution < 1.29 is 4.39 Å². The number of benzene rings is 2. The van der Waals surface area contributed by atoms with Gasteiger partial charge in [-0.25, -0.2) is 4.39 Å². The molecular weight excluding hydrogens is 263 g/mol. The molecule has 0 atom stereocenters. The van der Waals surface area contributed by atoms with Crippen molar-refractivity contribution >= 4 is 23.0 Å². The summed E-state index contributed by atoms with van der Waals surface area (Å²) < 4.78 is 12.9. The summed E-state index contributed by atoms with van der Waals surface area (Å²) in [6.07, 6.45) is 0. The monoisotopic (exact) mass is 278 g/mol. The topological polar surface area (TPSA) is 15.3 Å². The smallest absolute Gasteiger partial charge is 0.124 e. The van der Waals surface area contributed by atoms with Crippen LogP contribution >= 0.6 is 11.6 Å². The molecule has 1 N–H and O–H groups in total. The third-order valence-corrected chi connectivity index (χ3v) is 3.21. The predicted molar refractivity (Wildman–Crippen MR) is 79.5 cm³/mol. The summed E-state index contributed by atoms with van der Waals surface area (Å²) in [6.45, 7) is 0.565. The molecule has 2 nitrogen and oxygen atoms in total. The van der Waals surface area contributed by atoms with Gasteiger partial charge in [-0.3, -0.25) is 0 Å². The van der Waals surface area contributed by atoms with Crippen molar-refractivity contribution in [1.29, 1.82) is 0 Å². The fourth-order valence-electron chi connectivity index (χ4n) is 1.76. The largest absolute Gasteiger partial charge is 0.381 e. The molecule has 100 valence electrons. The molecule has 4 heteroatoms. The Kier molecular flexibility index (Phi) is 4.27. The Morgan fingerprint density at radius 3 is 2.63 bits per heavy atom. The van der Waals surface area contributed by atoms with Crippen molar-refractivity contribution in [3.05, 3.63) is 58.9 Å². The zero-order valence-electron chi connectivity index (χ0n) is 11.0. The molecule has 0 radical (unpaired) electrons. The number of rotatable bonds is 4. The van der Waals surface area contributed by atoms with Gasteiger partial charge in [0.1, 0.15) is 5.82 Å².